The molecule has 1 aromatic carbocycles. The van der Waals surface area contributed by atoms with Crippen LogP contribution in [0.3, 0.4) is 0 Å². The van der Waals surface area contributed by atoms with Crippen LogP contribution in [0.2, 0.25) is 0 Å². The number of cyclic esters (lactones) is 1. The Hall–Kier alpha value is -2.82. The molecule has 0 aliphatic carbocycles. The Morgan fingerprint density at radius 2 is 1.90 bits per heavy atom. The highest BCUT2D eigenvalue weighted by Crippen LogP contribution is 2.20. The van der Waals surface area contributed by atoms with Crippen LogP contribution < -0.4 is 4.90 Å². The molecule has 0 saturated heterocycles. The number of benzene rings is 1. The first kappa shape index (κ1) is 13.2. The fourth-order valence-corrected chi connectivity index (χ4v) is 1.94. The maximum Gasteiger partial charge on any atom is 0.363 e. The number of anilines is 1. The standard InChI is InChI=1S/C16H14N2O3/c1-18(2)12-7-5-11(6-8-12)10-13-16(19)21-15(17-13)14-4-3-9-20-14/h3-10H,1-2H3. The second-order valence-electron chi connectivity index (χ2n) is 4.80. The third-order valence-corrected chi connectivity index (χ3v) is 3.07. The number of carbonyl (C=O) groups excluding carboxylic acids is 1. The van der Waals surface area contributed by atoms with Crippen LogP contribution in [0.25, 0.3) is 6.08 Å². The number of nitrogens with zero attached hydrogens (tertiary/aromatic N) is 2. The van der Waals surface area contributed by atoms with Crippen LogP contribution in [0.5, 0.6) is 0 Å². The van der Waals surface area contributed by atoms with E-state index >= 15 is 0 Å². The predicted octanol–water partition coefficient (Wildman–Crippen LogP) is 2.69. The third-order valence-electron chi connectivity index (χ3n) is 3.07. The van der Waals surface area contributed by atoms with Crippen molar-refractivity contribution in [2.75, 3.05) is 19.0 Å². The zero-order valence-electron chi connectivity index (χ0n) is 11.7. The summed E-state index contributed by atoms with van der Waals surface area (Å²) in [7, 11) is 3.95. The van der Waals surface area contributed by atoms with Crippen LogP contribution >= 0.6 is 0 Å². The van der Waals surface area contributed by atoms with Crippen LogP contribution in [0.1, 0.15) is 11.3 Å². The third kappa shape index (κ3) is 2.72. The fraction of sp³-hybridized carbons (Fsp3) is 0.125. The quantitative estimate of drug-likeness (QED) is 0.641. The molecule has 2 aromatic rings. The first-order valence-corrected chi connectivity index (χ1v) is 6.47. The summed E-state index contributed by atoms with van der Waals surface area (Å²) in [4.78, 5) is 18.0. The predicted molar refractivity (Wildman–Crippen MR) is 80.1 cm³/mol. The second kappa shape index (κ2) is 5.28. The lowest BCUT2D eigenvalue weighted by Gasteiger charge is -2.11. The Labute approximate surface area is 122 Å². The van der Waals surface area contributed by atoms with E-state index in [2.05, 4.69) is 4.99 Å². The number of rotatable bonds is 3. The molecule has 0 radical (unpaired) electrons. The van der Waals surface area contributed by atoms with Gasteiger partial charge in [-0.05, 0) is 35.9 Å². The minimum absolute atomic E-state index is 0.196. The van der Waals surface area contributed by atoms with Gasteiger partial charge in [-0.25, -0.2) is 9.79 Å². The number of carbonyl (C=O) groups is 1. The summed E-state index contributed by atoms with van der Waals surface area (Å²) in [6, 6.07) is 11.2. The van der Waals surface area contributed by atoms with Gasteiger partial charge in [0.1, 0.15) is 0 Å². The molecule has 0 spiro atoms. The normalized spacial score (nSPS) is 16.0. The zero-order valence-corrected chi connectivity index (χ0v) is 11.7. The minimum Gasteiger partial charge on any atom is -0.459 e. The van der Waals surface area contributed by atoms with Crippen molar-refractivity contribution in [2.24, 2.45) is 4.99 Å². The lowest BCUT2D eigenvalue weighted by Crippen LogP contribution is -2.08. The Kier molecular flexibility index (Phi) is 3.31. The molecule has 0 atom stereocenters. The molecule has 0 amide bonds. The Morgan fingerprint density at radius 1 is 1.14 bits per heavy atom. The smallest absolute Gasteiger partial charge is 0.363 e. The average molecular weight is 282 g/mol. The molecule has 106 valence electrons. The van der Waals surface area contributed by atoms with Gasteiger partial charge in [0.25, 0.3) is 5.90 Å². The minimum atomic E-state index is -0.474. The van der Waals surface area contributed by atoms with Gasteiger partial charge < -0.3 is 14.1 Å². The van der Waals surface area contributed by atoms with Gasteiger partial charge >= 0.3 is 5.97 Å². The molecule has 5 heteroatoms. The maximum absolute atomic E-state index is 11.8. The molecule has 1 aliphatic rings. The van der Waals surface area contributed by atoms with Gasteiger partial charge in [0, 0.05) is 19.8 Å². The molecule has 0 N–H and O–H groups in total. The summed E-state index contributed by atoms with van der Waals surface area (Å²) >= 11 is 0. The lowest BCUT2D eigenvalue weighted by atomic mass is 10.1. The number of hydrogen-bond donors (Lipinski definition) is 0. The first-order valence-electron chi connectivity index (χ1n) is 6.47. The van der Waals surface area contributed by atoms with Gasteiger partial charge in [0.15, 0.2) is 11.5 Å². The first-order chi connectivity index (χ1) is 10.1. The van der Waals surface area contributed by atoms with E-state index in [0.717, 1.165) is 11.3 Å². The number of hydrogen-bond acceptors (Lipinski definition) is 5. The Bertz CT molecular complexity index is 710. The summed E-state index contributed by atoms with van der Waals surface area (Å²) < 4.78 is 10.3. The van der Waals surface area contributed by atoms with E-state index in [1.807, 2.05) is 43.3 Å². The molecule has 1 aliphatic heterocycles. The van der Waals surface area contributed by atoms with Gasteiger partial charge in [-0.1, -0.05) is 12.1 Å². The molecule has 0 bridgehead atoms. The van der Waals surface area contributed by atoms with Crippen molar-refractivity contribution in [3.63, 3.8) is 0 Å². The van der Waals surface area contributed by atoms with Gasteiger partial charge in [0.2, 0.25) is 0 Å². The maximum atomic E-state index is 11.8. The van der Waals surface area contributed by atoms with Crippen molar-refractivity contribution in [1.82, 2.24) is 0 Å². The van der Waals surface area contributed by atoms with E-state index < -0.39 is 5.97 Å². The van der Waals surface area contributed by atoms with Crippen LogP contribution in [-0.4, -0.2) is 26.0 Å². The van der Waals surface area contributed by atoms with Crippen molar-refractivity contribution in [3.8, 4) is 0 Å². The molecule has 3 rings (SSSR count). The molecule has 1 aromatic heterocycles. The molecular formula is C16H14N2O3. The average Bonchev–Trinajstić information content (AvgIpc) is 3.10. The van der Waals surface area contributed by atoms with Crippen molar-refractivity contribution in [2.45, 2.75) is 0 Å². The molecule has 2 heterocycles. The monoisotopic (exact) mass is 282 g/mol. The SMILES string of the molecule is CN(C)c1ccc(C=C2N=C(c3ccco3)OC2=O)cc1. The summed E-state index contributed by atoms with van der Waals surface area (Å²) in [5.41, 5.74) is 2.24. The Morgan fingerprint density at radius 3 is 2.52 bits per heavy atom. The van der Waals surface area contributed by atoms with Gasteiger partial charge in [0.05, 0.1) is 6.26 Å². The van der Waals surface area contributed by atoms with E-state index in [-0.39, 0.29) is 11.6 Å². The van der Waals surface area contributed by atoms with Crippen molar-refractivity contribution >= 4 is 23.6 Å². The van der Waals surface area contributed by atoms with E-state index in [1.54, 1.807) is 18.2 Å². The van der Waals surface area contributed by atoms with Gasteiger partial charge in [-0.3, -0.25) is 0 Å². The zero-order chi connectivity index (χ0) is 14.8. The topological polar surface area (TPSA) is 55.0 Å². The van der Waals surface area contributed by atoms with E-state index in [4.69, 9.17) is 9.15 Å². The number of furan rings is 1. The number of esters is 1. The summed E-state index contributed by atoms with van der Waals surface area (Å²) in [6.07, 6.45) is 3.20. The van der Waals surface area contributed by atoms with Crippen LogP contribution in [-0.2, 0) is 9.53 Å². The highest BCUT2D eigenvalue weighted by molar-refractivity contribution is 6.11. The molecular weight excluding hydrogens is 268 g/mol. The molecule has 0 saturated carbocycles. The lowest BCUT2D eigenvalue weighted by molar-refractivity contribution is -0.130. The fourth-order valence-electron chi connectivity index (χ4n) is 1.94. The molecule has 0 fully saturated rings. The highest BCUT2D eigenvalue weighted by Gasteiger charge is 2.25. The molecule has 21 heavy (non-hydrogen) atoms. The van der Waals surface area contributed by atoms with E-state index in [0.29, 0.717) is 5.76 Å². The summed E-state index contributed by atoms with van der Waals surface area (Å²) in [5.74, 6) is 0.161. The largest absolute Gasteiger partial charge is 0.459 e. The van der Waals surface area contributed by atoms with Crippen molar-refractivity contribution < 1.29 is 13.9 Å². The van der Waals surface area contributed by atoms with Crippen LogP contribution in [0.4, 0.5) is 5.69 Å². The van der Waals surface area contributed by atoms with Crippen LogP contribution in [0.15, 0.2) is 57.8 Å². The van der Waals surface area contributed by atoms with Crippen LogP contribution in [0, 0.1) is 0 Å². The molecule has 5 nitrogen and oxygen atoms in total. The van der Waals surface area contributed by atoms with Gasteiger partial charge in [-0.2, -0.15) is 0 Å². The Balaban J connectivity index is 1.87. The van der Waals surface area contributed by atoms with Crippen molar-refractivity contribution in [1.29, 1.82) is 0 Å². The highest BCUT2D eigenvalue weighted by atomic mass is 16.6. The number of ether oxygens (including phenoxy) is 1. The van der Waals surface area contributed by atoms with E-state index in [9.17, 15) is 4.79 Å². The van der Waals surface area contributed by atoms with E-state index in [1.165, 1.54) is 6.26 Å². The second-order valence-corrected chi connectivity index (χ2v) is 4.80. The summed E-state index contributed by atoms with van der Waals surface area (Å²) in [6.45, 7) is 0. The molecule has 0 unspecified atom stereocenters. The number of aliphatic imine (C=N–C) groups is 1. The van der Waals surface area contributed by atoms with Crippen molar-refractivity contribution in [3.05, 3.63) is 59.7 Å². The summed E-state index contributed by atoms with van der Waals surface area (Å²) in [5, 5.41) is 0. The van der Waals surface area contributed by atoms with Gasteiger partial charge in [-0.15, -0.1) is 0 Å².